The Morgan fingerprint density at radius 3 is 2.80 bits per heavy atom. The fourth-order valence-corrected chi connectivity index (χ4v) is 1.32. The second kappa shape index (κ2) is 5.88. The Hall–Kier alpha value is -0.870. The molecule has 5 heteroatoms. The number of aromatic nitrogens is 2. The van der Waals surface area contributed by atoms with Gasteiger partial charge in [-0.15, -0.1) is 0 Å². The smallest absolute Gasteiger partial charge is 0.134 e. The number of hydrogen-bond acceptors (Lipinski definition) is 4. The second-order valence-corrected chi connectivity index (χ2v) is 3.86. The Kier molecular flexibility index (Phi) is 4.78. The molecule has 1 aromatic heterocycles. The van der Waals surface area contributed by atoms with Gasteiger partial charge in [-0.1, -0.05) is 11.6 Å². The summed E-state index contributed by atoms with van der Waals surface area (Å²) in [4.78, 5) is 8.16. The Labute approximate surface area is 95.0 Å². The first-order valence-corrected chi connectivity index (χ1v) is 5.32. The minimum Gasteiger partial charge on any atom is -0.377 e. The van der Waals surface area contributed by atoms with Gasteiger partial charge in [-0.25, -0.2) is 9.97 Å². The molecule has 84 valence electrons. The van der Waals surface area contributed by atoms with E-state index in [1.165, 1.54) is 0 Å². The topological polar surface area (TPSA) is 47.0 Å². The van der Waals surface area contributed by atoms with Crippen LogP contribution >= 0.6 is 11.6 Å². The fourth-order valence-electron chi connectivity index (χ4n) is 1.10. The molecule has 0 aliphatic rings. The molecular weight excluding hydrogens is 214 g/mol. The van der Waals surface area contributed by atoms with Gasteiger partial charge in [0.1, 0.15) is 16.8 Å². The summed E-state index contributed by atoms with van der Waals surface area (Å²) in [6.07, 6.45) is 0.252. The Bertz CT molecular complexity index is 297. The Balaban J connectivity index is 2.37. The van der Waals surface area contributed by atoms with Crippen LogP contribution in [0.15, 0.2) is 6.07 Å². The lowest BCUT2D eigenvalue weighted by molar-refractivity contribution is 0.0870. The van der Waals surface area contributed by atoms with E-state index in [2.05, 4.69) is 15.3 Å². The predicted octanol–water partition coefficient (Wildman–Crippen LogP) is 2.28. The monoisotopic (exact) mass is 229 g/mol. The number of nitrogens with zero attached hydrogens (tertiary/aromatic N) is 2. The molecule has 15 heavy (non-hydrogen) atoms. The summed E-state index contributed by atoms with van der Waals surface area (Å²) in [5.74, 6) is 1.40. The van der Waals surface area contributed by atoms with Crippen molar-refractivity contribution in [1.29, 1.82) is 0 Å². The first kappa shape index (κ1) is 12.2. The molecule has 0 atom stereocenters. The van der Waals surface area contributed by atoms with Crippen LogP contribution in [0.1, 0.15) is 19.7 Å². The van der Waals surface area contributed by atoms with Gasteiger partial charge in [0.25, 0.3) is 0 Å². The maximum absolute atomic E-state index is 5.79. The minimum absolute atomic E-state index is 0.252. The van der Waals surface area contributed by atoms with E-state index in [1.54, 1.807) is 6.07 Å². The highest BCUT2D eigenvalue weighted by Crippen LogP contribution is 2.10. The van der Waals surface area contributed by atoms with Crippen LogP contribution in [-0.2, 0) is 4.74 Å². The first-order chi connectivity index (χ1) is 7.08. The number of anilines is 1. The molecule has 0 aliphatic heterocycles. The number of ether oxygens (including phenoxy) is 1. The maximum Gasteiger partial charge on any atom is 0.134 e. The zero-order chi connectivity index (χ0) is 11.3. The number of halogens is 1. The third kappa shape index (κ3) is 4.95. The van der Waals surface area contributed by atoms with Crippen molar-refractivity contribution in [1.82, 2.24) is 9.97 Å². The van der Waals surface area contributed by atoms with Gasteiger partial charge in [0.15, 0.2) is 0 Å². The number of aryl methyl sites for hydroxylation is 1. The molecule has 1 aromatic rings. The molecule has 0 spiro atoms. The molecule has 1 N–H and O–H groups in total. The van der Waals surface area contributed by atoms with E-state index < -0.39 is 0 Å². The van der Waals surface area contributed by atoms with Crippen molar-refractivity contribution >= 4 is 17.4 Å². The summed E-state index contributed by atoms with van der Waals surface area (Å²) in [6.45, 7) is 7.18. The van der Waals surface area contributed by atoms with Crippen LogP contribution in [0.25, 0.3) is 0 Å². The Morgan fingerprint density at radius 2 is 2.20 bits per heavy atom. The number of nitrogens with one attached hydrogen (secondary N) is 1. The van der Waals surface area contributed by atoms with Crippen LogP contribution in [0.2, 0.25) is 5.15 Å². The van der Waals surface area contributed by atoms with E-state index in [1.807, 2.05) is 20.8 Å². The summed E-state index contributed by atoms with van der Waals surface area (Å²) < 4.78 is 5.39. The fraction of sp³-hybridized carbons (Fsp3) is 0.600. The molecule has 0 unspecified atom stereocenters. The van der Waals surface area contributed by atoms with Crippen molar-refractivity contribution in [2.24, 2.45) is 0 Å². The molecule has 0 fully saturated rings. The van der Waals surface area contributed by atoms with Gasteiger partial charge in [0.05, 0.1) is 12.7 Å². The van der Waals surface area contributed by atoms with Crippen molar-refractivity contribution in [3.8, 4) is 0 Å². The standard InChI is InChI=1S/C10H16ClN3O/c1-7(2)15-5-4-12-10-6-9(11)13-8(3)14-10/h6-7H,4-5H2,1-3H3,(H,12,13,14). The van der Waals surface area contributed by atoms with Crippen LogP contribution in [-0.4, -0.2) is 29.2 Å². The van der Waals surface area contributed by atoms with Gasteiger partial charge in [-0.2, -0.15) is 0 Å². The van der Waals surface area contributed by atoms with Crippen molar-refractivity contribution in [3.05, 3.63) is 17.0 Å². The molecule has 0 aliphatic carbocycles. The highest BCUT2D eigenvalue weighted by molar-refractivity contribution is 6.29. The highest BCUT2D eigenvalue weighted by Gasteiger charge is 1.99. The molecule has 0 saturated heterocycles. The van der Waals surface area contributed by atoms with E-state index in [4.69, 9.17) is 16.3 Å². The summed E-state index contributed by atoms with van der Waals surface area (Å²) in [5.41, 5.74) is 0. The summed E-state index contributed by atoms with van der Waals surface area (Å²) >= 11 is 5.79. The summed E-state index contributed by atoms with van der Waals surface area (Å²) in [5, 5.41) is 3.57. The maximum atomic E-state index is 5.79. The van der Waals surface area contributed by atoms with Crippen molar-refractivity contribution < 1.29 is 4.74 Å². The van der Waals surface area contributed by atoms with E-state index >= 15 is 0 Å². The van der Waals surface area contributed by atoms with Crippen molar-refractivity contribution in [2.45, 2.75) is 26.9 Å². The molecule has 0 aromatic carbocycles. The molecule has 1 heterocycles. The lowest BCUT2D eigenvalue weighted by Crippen LogP contribution is -2.14. The minimum atomic E-state index is 0.252. The normalized spacial score (nSPS) is 10.7. The van der Waals surface area contributed by atoms with Gasteiger partial charge in [0, 0.05) is 12.6 Å². The van der Waals surface area contributed by atoms with Crippen LogP contribution < -0.4 is 5.32 Å². The van der Waals surface area contributed by atoms with Gasteiger partial charge in [-0.05, 0) is 20.8 Å². The van der Waals surface area contributed by atoms with Gasteiger partial charge < -0.3 is 10.1 Å². The van der Waals surface area contributed by atoms with Crippen LogP contribution in [0, 0.1) is 6.92 Å². The molecule has 0 radical (unpaired) electrons. The van der Waals surface area contributed by atoms with Crippen molar-refractivity contribution in [2.75, 3.05) is 18.5 Å². The van der Waals surface area contributed by atoms with Crippen LogP contribution in [0.4, 0.5) is 5.82 Å². The average Bonchev–Trinajstić information content (AvgIpc) is 2.10. The highest BCUT2D eigenvalue weighted by atomic mass is 35.5. The van der Waals surface area contributed by atoms with E-state index in [-0.39, 0.29) is 6.10 Å². The van der Waals surface area contributed by atoms with Crippen molar-refractivity contribution in [3.63, 3.8) is 0 Å². The number of hydrogen-bond donors (Lipinski definition) is 1. The zero-order valence-electron chi connectivity index (χ0n) is 9.25. The Morgan fingerprint density at radius 1 is 1.47 bits per heavy atom. The quantitative estimate of drug-likeness (QED) is 0.622. The summed E-state index contributed by atoms with van der Waals surface area (Å²) in [7, 11) is 0. The SMILES string of the molecule is Cc1nc(Cl)cc(NCCOC(C)C)n1. The largest absolute Gasteiger partial charge is 0.377 e. The van der Waals surface area contributed by atoms with Gasteiger partial charge >= 0.3 is 0 Å². The zero-order valence-corrected chi connectivity index (χ0v) is 10.0. The average molecular weight is 230 g/mol. The molecule has 4 nitrogen and oxygen atoms in total. The predicted molar refractivity (Wildman–Crippen MR) is 61.4 cm³/mol. The van der Waals surface area contributed by atoms with E-state index in [9.17, 15) is 0 Å². The molecule has 1 rings (SSSR count). The van der Waals surface area contributed by atoms with Gasteiger partial charge in [-0.3, -0.25) is 0 Å². The van der Waals surface area contributed by atoms with E-state index in [0.717, 1.165) is 5.82 Å². The summed E-state index contributed by atoms with van der Waals surface area (Å²) in [6, 6.07) is 1.70. The number of rotatable bonds is 5. The lowest BCUT2D eigenvalue weighted by atomic mass is 10.5. The van der Waals surface area contributed by atoms with Gasteiger partial charge in [0.2, 0.25) is 0 Å². The van der Waals surface area contributed by atoms with Crippen LogP contribution in [0.3, 0.4) is 0 Å². The molecule has 0 saturated carbocycles. The first-order valence-electron chi connectivity index (χ1n) is 4.94. The lowest BCUT2D eigenvalue weighted by Gasteiger charge is -2.09. The molecule has 0 amide bonds. The molecule has 0 bridgehead atoms. The second-order valence-electron chi connectivity index (χ2n) is 3.47. The third-order valence-corrected chi connectivity index (χ3v) is 1.86. The molecular formula is C10H16ClN3O. The third-order valence-electron chi connectivity index (χ3n) is 1.67. The van der Waals surface area contributed by atoms with Crippen LogP contribution in [0.5, 0.6) is 0 Å². The van der Waals surface area contributed by atoms with E-state index in [0.29, 0.717) is 24.1 Å².